The Morgan fingerprint density at radius 3 is 2.58 bits per heavy atom. The minimum Gasteiger partial charge on any atom is -0.375 e. The number of thiophene rings is 1. The van der Waals surface area contributed by atoms with Crippen LogP contribution >= 0.6 is 22.9 Å². The molecule has 1 N–H and O–H groups in total. The molecule has 126 valence electrons. The van der Waals surface area contributed by atoms with E-state index in [1.807, 2.05) is 30.3 Å². The molecule has 0 fully saturated rings. The molecule has 4 nitrogen and oxygen atoms in total. The van der Waals surface area contributed by atoms with Gasteiger partial charge in [-0.2, -0.15) is 0 Å². The molecule has 1 aromatic heterocycles. The van der Waals surface area contributed by atoms with Crippen molar-refractivity contribution in [1.29, 1.82) is 0 Å². The van der Waals surface area contributed by atoms with Crippen LogP contribution < -0.4 is 4.72 Å². The fraction of sp³-hybridized carbons (Fsp3) is 0.176. The van der Waals surface area contributed by atoms with E-state index in [0.717, 1.165) is 10.3 Å². The van der Waals surface area contributed by atoms with Gasteiger partial charge in [-0.05, 0) is 23.6 Å². The number of hydrogen-bond acceptors (Lipinski definition) is 4. The summed E-state index contributed by atoms with van der Waals surface area (Å²) in [6, 6.07) is 16.2. The molecular formula is C17H16ClNO3S2. The second-order valence-corrected chi connectivity index (χ2v) is 8.68. The molecule has 0 aliphatic carbocycles. The summed E-state index contributed by atoms with van der Waals surface area (Å²) < 4.78 is 34.1. The van der Waals surface area contributed by atoms with E-state index >= 15 is 0 Å². The number of halogens is 1. The maximum absolute atomic E-state index is 12.7. The third-order valence-corrected chi connectivity index (χ3v) is 6.50. The van der Waals surface area contributed by atoms with Crippen molar-refractivity contribution < 1.29 is 13.2 Å². The fourth-order valence-electron chi connectivity index (χ4n) is 2.49. The highest BCUT2D eigenvalue weighted by Gasteiger charge is 2.20. The molecule has 24 heavy (non-hydrogen) atoms. The molecule has 1 unspecified atom stereocenters. The Hall–Kier alpha value is -1.44. The maximum Gasteiger partial charge on any atom is 0.241 e. The van der Waals surface area contributed by atoms with Gasteiger partial charge in [-0.3, -0.25) is 0 Å². The molecule has 1 heterocycles. The van der Waals surface area contributed by atoms with Crippen molar-refractivity contribution in [2.45, 2.75) is 11.0 Å². The summed E-state index contributed by atoms with van der Waals surface area (Å²) in [7, 11) is -2.11. The van der Waals surface area contributed by atoms with Gasteiger partial charge in [0, 0.05) is 23.9 Å². The molecule has 7 heteroatoms. The van der Waals surface area contributed by atoms with E-state index in [1.165, 1.54) is 11.3 Å². The molecule has 3 rings (SSSR count). The van der Waals surface area contributed by atoms with Crippen LogP contribution in [0.1, 0.15) is 11.0 Å². The lowest BCUT2D eigenvalue weighted by Gasteiger charge is -2.15. The van der Waals surface area contributed by atoms with E-state index in [-0.39, 0.29) is 17.5 Å². The third-order valence-electron chi connectivity index (χ3n) is 3.69. The predicted molar refractivity (Wildman–Crippen MR) is 98.2 cm³/mol. The SMILES string of the molecule is COC(CNS(=O)(=O)c1cccc2ccccc12)c1ccc(Cl)s1. The first kappa shape index (κ1) is 17.4. The monoisotopic (exact) mass is 381 g/mol. The van der Waals surface area contributed by atoms with Crippen molar-refractivity contribution >= 4 is 43.7 Å². The number of methoxy groups -OCH3 is 1. The van der Waals surface area contributed by atoms with E-state index in [4.69, 9.17) is 16.3 Å². The van der Waals surface area contributed by atoms with Crippen LogP contribution in [0.3, 0.4) is 0 Å². The number of sulfonamides is 1. The lowest BCUT2D eigenvalue weighted by Crippen LogP contribution is -2.29. The molecular weight excluding hydrogens is 366 g/mol. The number of hydrogen-bond donors (Lipinski definition) is 1. The average molecular weight is 382 g/mol. The Morgan fingerprint density at radius 1 is 1.12 bits per heavy atom. The number of nitrogens with one attached hydrogen (secondary N) is 1. The van der Waals surface area contributed by atoms with Crippen LogP contribution in [0.5, 0.6) is 0 Å². The molecule has 1 atom stereocenters. The van der Waals surface area contributed by atoms with E-state index < -0.39 is 10.0 Å². The normalized spacial score (nSPS) is 13.2. The summed E-state index contributed by atoms with van der Waals surface area (Å²) in [5.74, 6) is 0. The second kappa shape index (κ2) is 7.21. The van der Waals surface area contributed by atoms with Crippen LogP contribution in [0.15, 0.2) is 59.5 Å². The summed E-state index contributed by atoms with van der Waals surface area (Å²) >= 11 is 7.31. The van der Waals surface area contributed by atoms with Gasteiger partial charge >= 0.3 is 0 Å². The van der Waals surface area contributed by atoms with E-state index in [2.05, 4.69) is 4.72 Å². The van der Waals surface area contributed by atoms with Crippen LogP contribution in [-0.2, 0) is 14.8 Å². The molecule has 0 bridgehead atoms. The summed E-state index contributed by atoms with van der Waals surface area (Å²) in [6.45, 7) is 0.138. The van der Waals surface area contributed by atoms with Crippen molar-refractivity contribution in [3.05, 3.63) is 63.8 Å². The Morgan fingerprint density at radius 2 is 1.88 bits per heavy atom. The molecule has 0 aliphatic rings. The molecule has 0 amide bonds. The zero-order valence-electron chi connectivity index (χ0n) is 12.9. The zero-order chi connectivity index (χ0) is 17.2. The topological polar surface area (TPSA) is 55.4 Å². The highest BCUT2D eigenvalue weighted by molar-refractivity contribution is 7.89. The van der Waals surface area contributed by atoms with Crippen molar-refractivity contribution in [2.24, 2.45) is 0 Å². The van der Waals surface area contributed by atoms with Gasteiger partial charge in [0.05, 0.1) is 9.23 Å². The maximum atomic E-state index is 12.7. The minimum atomic E-state index is -3.65. The van der Waals surface area contributed by atoms with Crippen molar-refractivity contribution in [3.63, 3.8) is 0 Å². The summed E-state index contributed by atoms with van der Waals surface area (Å²) in [4.78, 5) is 1.14. The van der Waals surface area contributed by atoms with Gasteiger partial charge in [-0.1, -0.05) is 48.0 Å². The Kier molecular flexibility index (Phi) is 5.22. The molecule has 0 aliphatic heterocycles. The summed E-state index contributed by atoms with van der Waals surface area (Å²) in [6.07, 6.45) is -0.382. The van der Waals surface area contributed by atoms with Crippen molar-refractivity contribution in [1.82, 2.24) is 4.72 Å². The predicted octanol–water partition coefficient (Wildman–Crippen LogP) is 4.22. The first-order chi connectivity index (χ1) is 11.5. The quantitative estimate of drug-likeness (QED) is 0.695. The molecule has 3 aromatic rings. The first-order valence-corrected chi connectivity index (χ1v) is 9.94. The second-order valence-electron chi connectivity index (χ2n) is 5.20. The fourth-order valence-corrected chi connectivity index (χ4v) is 4.89. The minimum absolute atomic E-state index is 0.138. The molecule has 0 saturated carbocycles. The van der Waals surface area contributed by atoms with Gasteiger partial charge in [0.25, 0.3) is 0 Å². The van der Waals surface area contributed by atoms with Crippen LogP contribution in [0.2, 0.25) is 4.34 Å². The van der Waals surface area contributed by atoms with Crippen molar-refractivity contribution in [3.8, 4) is 0 Å². The van der Waals surface area contributed by atoms with Crippen LogP contribution in [0, 0.1) is 0 Å². The van der Waals surface area contributed by atoms with E-state index in [1.54, 1.807) is 31.4 Å². The lowest BCUT2D eigenvalue weighted by molar-refractivity contribution is 0.110. The van der Waals surface area contributed by atoms with E-state index in [9.17, 15) is 8.42 Å². The molecule has 0 radical (unpaired) electrons. The van der Waals surface area contributed by atoms with Crippen molar-refractivity contribution in [2.75, 3.05) is 13.7 Å². The van der Waals surface area contributed by atoms with Crippen LogP contribution in [0.4, 0.5) is 0 Å². The number of rotatable bonds is 6. The lowest BCUT2D eigenvalue weighted by atomic mass is 10.1. The largest absolute Gasteiger partial charge is 0.375 e. The summed E-state index contributed by atoms with van der Waals surface area (Å²) in [5.41, 5.74) is 0. The number of fused-ring (bicyclic) bond motifs is 1. The Labute approximate surface area is 150 Å². The Bertz CT molecular complexity index is 948. The van der Waals surface area contributed by atoms with Gasteiger partial charge < -0.3 is 4.74 Å². The molecule has 0 saturated heterocycles. The Balaban J connectivity index is 1.85. The summed E-state index contributed by atoms with van der Waals surface area (Å²) in [5, 5.41) is 1.58. The van der Waals surface area contributed by atoms with E-state index in [0.29, 0.717) is 9.72 Å². The highest BCUT2D eigenvalue weighted by Crippen LogP contribution is 2.29. The van der Waals surface area contributed by atoms with Gasteiger partial charge in [0.2, 0.25) is 10.0 Å². The third kappa shape index (κ3) is 3.63. The van der Waals surface area contributed by atoms with Gasteiger partial charge in [0.15, 0.2) is 0 Å². The van der Waals surface area contributed by atoms with Crippen LogP contribution in [-0.4, -0.2) is 22.1 Å². The molecule has 2 aromatic carbocycles. The van der Waals surface area contributed by atoms with Gasteiger partial charge in [-0.25, -0.2) is 13.1 Å². The van der Waals surface area contributed by atoms with Crippen LogP contribution in [0.25, 0.3) is 10.8 Å². The standard InChI is InChI=1S/C17H16ClNO3S2/c1-22-14(15-9-10-17(18)23-15)11-19-24(20,21)16-8-4-6-12-5-2-3-7-13(12)16/h2-10,14,19H,11H2,1H3. The number of ether oxygens (including phenoxy) is 1. The number of benzene rings is 2. The molecule has 0 spiro atoms. The smallest absolute Gasteiger partial charge is 0.241 e. The van der Waals surface area contributed by atoms with Gasteiger partial charge in [0.1, 0.15) is 6.10 Å². The zero-order valence-corrected chi connectivity index (χ0v) is 15.3. The average Bonchev–Trinajstić information content (AvgIpc) is 3.01. The van der Waals surface area contributed by atoms with Gasteiger partial charge in [-0.15, -0.1) is 11.3 Å². The highest BCUT2D eigenvalue weighted by atomic mass is 35.5. The first-order valence-electron chi connectivity index (χ1n) is 7.27.